The van der Waals surface area contributed by atoms with Crippen LogP contribution in [0.25, 0.3) is 11.1 Å². The van der Waals surface area contributed by atoms with Gasteiger partial charge in [-0.2, -0.15) is 0 Å². The van der Waals surface area contributed by atoms with E-state index in [9.17, 15) is 0 Å². The molecule has 0 saturated heterocycles. The summed E-state index contributed by atoms with van der Waals surface area (Å²) in [5.41, 5.74) is 15.0. The molecule has 38 heavy (non-hydrogen) atoms. The minimum Gasteiger partial charge on any atom is -1.00 e. The second kappa shape index (κ2) is 11.5. The van der Waals surface area contributed by atoms with Crippen LogP contribution < -0.4 is 28.1 Å². The van der Waals surface area contributed by atoms with E-state index in [2.05, 4.69) is 123 Å². The number of benzene rings is 3. The zero-order valence-electron chi connectivity index (χ0n) is 24.3. The molecule has 5 rings (SSSR count). The van der Waals surface area contributed by atoms with Gasteiger partial charge in [0.2, 0.25) is 0 Å². The fraction of sp³-hybridized carbons (Fsp3) is 0.343. The minimum absolute atomic E-state index is 0. The molecule has 0 bridgehead atoms. The van der Waals surface area contributed by atoms with Crippen LogP contribution in [-0.4, -0.2) is 3.21 Å². The molecule has 0 fully saturated rings. The number of hydrogen-bond acceptors (Lipinski definition) is 0. The third-order valence-corrected chi connectivity index (χ3v) is 16.9. The maximum Gasteiger partial charge on any atom is -1.00 e. The number of hydrogen-bond donors (Lipinski definition) is 0. The van der Waals surface area contributed by atoms with E-state index in [0.29, 0.717) is 5.92 Å². The second-order valence-electron chi connectivity index (χ2n) is 12.1. The van der Waals surface area contributed by atoms with Crippen molar-refractivity contribution in [2.75, 3.05) is 0 Å². The first-order valence-corrected chi connectivity index (χ1v) is 17.1. The van der Waals surface area contributed by atoms with Gasteiger partial charge >= 0.3 is 227 Å². The molecule has 3 aromatic rings. The first kappa shape index (κ1) is 31.0. The Kier molecular flexibility index (Phi) is 9.41. The molecule has 0 amide bonds. The van der Waals surface area contributed by atoms with Crippen LogP contribution in [0.5, 0.6) is 0 Å². The van der Waals surface area contributed by atoms with Crippen LogP contribution >= 0.6 is 0 Å². The quantitative estimate of drug-likeness (QED) is 0.330. The molecule has 2 aliphatic carbocycles. The molecule has 0 nitrogen and oxygen atoms in total. The van der Waals surface area contributed by atoms with E-state index in [1.54, 1.807) is 15.3 Å². The summed E-state index contributed by atoms with van der Waals surface area (Å²) in [5, 5.41) is 0. The van der Waals surface area contributed by atoms with Gasteiger partial charge in [0.25, 0.3) is 0 Å². The predicted molar refractivity (Wildman–Crippen MR) is 154 cm³/mol. The summed E-state index contributed by atoms with van der Waals surface area (Å²) in [7, 11) is 0. The summed E-state index contributed by atoms with van der Waals surface area (Å²) >= 11 is -2.48. The van der Waals surface area contributed by atoms with Crippen molar-refractivity contribution in [3.63, 3.8) is 0 Å². The summed E-state index contributed by atoms with van der Waals surface area (Å²) in [6.07, 6.45) is 6.26. The summed E-state index contributed by atoms with van der Waals surface area (Å²) in [6, 6.07) is 18.6. The Labute approximate surface area is 250 Å². The van der Waals surface area contributed by atoms with E-state index in [4.69, 9.17) is 0 Å². The van der Waals surface area contributed by atoms with Crippen LogP contribution in [0.3, 0.4) is 0 Å². The standard InChI is InChI=1S/C17H17.C10H15.C8H8.2ClH.Zr/c1-10-5-14-9-15-6-11(2)13(4)8-17(15)16(14)7-12(10)3;1-8-5-6-9(7-8)10(2,3)4;1-2-8-6-4-3-5-7-8;;;/h5,7-8H,9H2,1-4H3;6-8H,1-4H3;3-7H,1H3;2*1H;/q;;;;;+2/p-2. The molecule has 0 heterocycles. The first-order valence-electron chi connectivity index (χ1n) is 13.4. The van der Waals surface area contributed by atoms with Gasteiger partial charge in [-0.05, 0) is 0 Å². The third-order valence-electron chi connectivity index (χ3n) is 8.55. The van der Waals surface area contributed by atoms with Gasteiger partial charge in [0.15, 0.2) is 0 Å². The molecule has 2 aliphatic rings. The number of aryl methyl sites for hydroxylation is 3. The summed E-state index contributed by atoms with van der Waals surface area (Å²) in [6.45, 7) is 21.2. The molecular weight excluding hydrogens is 583 g/mol. The average Bonchev–Trinajstić information content (AvgIpc) is 3.37. The Hall–Kier alpha value is -1.53. The topological polar surface area (TPSA) is 0 Å². The molecule has 0 aromatic heterocycles. The molecule has 3 heteroatoms. The first-order chi connectivity index (χ1) is 17.0. The van der Waals surface area contributed by atoms with Gasteiger partial charge < -0.3 is 24.8 Å². The molecule has 0 N–H and O–H groups in total. The van der Waals surface area contributed by atoms with Crippen LogP contribution in [0, 0.1) is 39.0 Å². The summed E-state index contributed by atoms with van der Waals surface area (Å²) < 4.78 is 5.13. The van der Waals surface area contributed by atoms with E-state index in [0.717, 1.165) is 6.42 Å². The molecule has 0 aliphatic heterocycles. The van der Waals surface area contributed by atoms with E-state index in [-0.39, 0.29) is 30.2 Å². The van der Waals surface area contributed by atoms with Crippen molar-refractivity contribution in [2.45, 2.75) is 68.7 Å². The van der Waals surface area contributed by atoms with Gasteiger partial charge in [-0.1, -0.05) is 0 Å². The second-order valence-corrected chi connectivity index (χ2v) is 18.5. The Morgan fingerprint density at radius 3 is 2.05 bits per heavy atom. The smallest absolute Gasteiger partial charge is 1.00 e. The van der Waals surface area contributed by atoms with Crippen LogP contribution in [0.4, 0.5) is 0 Å². The number of rotatable bonds is 3. The zero-order valence-corrected chi connectivity index (χ0v) is 28.3. The Balaban J connectivity index is 0.00000200. The Bertz CT molecular complexity index is 1480. The monoisotopic (exact) mass is 620 g/mol. The van der Waals surface area contributed by atoms with Crippen LogP contribution in [-0.2, 0) is 27.7 Å². The molecule has 1 unspecified atom stereocenters. The van der Waals surface area contributed by atoms with Crippen molar-refractivity contribution in [3.05, 3.63) is 108 Å². The number of fused-ring (bicyclic) bond motifs is 3. The van der Waals surface area contributed by atoms with E-state index in [1.807, 2.05) is 0 Å². The van der Waals surface area contributed by atoms with E-state index in [1.165, 1.54) is 50.1 Å². The molecule has 3 aromatic carbocycles. The number of allylic oxidation sites excluding steroid dienone is 4. The van der Waals surface area contributed by atoms with Gasteiger partial charge in [-0.15, -0.1) is 0 Å². The van der Waals surface area contributed by atoms with E-state index >= 15 is 0 Å². The molecule has 198 valence electrons. The fourth-order valence-electron chi connectivity index (χ4n) is 6.05. The normalized spacial score (nSPS) is 16.0. The Morgan fingerprint density at radius 1 is 0.842 bits per heavy atom. The maximum absolute atomic E-state index is 2.62. The van der Waals surface area contributed by atoms with Crippen molar-refractivity contribution >= 4 is 6.48 Å². The van der Waals surface area contributed by atoms with Crippen molar-refractivity contribution < 1.29 is 46.1 Å². The average molecular weight is 623 g/mol. The van der Waals surface area contributed by atoms with E-state index < -0.39 is 21.3 Å². The third kappa shape index (κ3) is 5.41. The van der Waals surface area contributed by atoms with Gasteiger partial charge in [0, 0.05) is 0 Å². The number of halogens is 2. The summed E-state index contributed by atoms with van der Waals surface area (Å²) in [4.78, 5) is 0. The van der Waals surface area contributed by atoms with Gasteiger partial charge in [-0.3, -0.25) is 0 Å². The molecular formula is C35H40Cl2Zr. The largest absolute Gasteiger partial charge is 1.00 e. The Morgan fingerprint density at radius 2 is 1.45 bits per heavy atom. The molecule has 0 radical (unpaired) electrons. The fourth-order valence-corrected chi connectivity index (χ4v) is 14.6. The SMILES string of the molecule is C/[C](c1ccccc1)=[Zr+2](\[C]1=CC(C(C)(C)C)=CC1C)[c]1c(C)c(C)cc2c1Cc1cc(C)c(C)cc1-2.[Cl-].[Cl-]. The molecule has 0 spiro atoms. The van der Waals surface area contributed by atoms with Crippen LogP contribution in [0.1, 0.15) is 73.6 Å². The molecule has 1 atom stereocenters. The zero-order chi connectivity index (χ0) is 25.9. The van der Waals surface area contributed by atoms with Gasteiger partial charge in [0.1, 0.15) is 0 Å². The summed E-state index contributed by atoms with van der Waals surface area (Å²) in [5.74, 6) is 0.510. The van der Waals surface area contributed by atoms with Crippen molar-refractivity contribution in [3.8, 4) is 11.1 Å². The van der Waals surface area contributed by atoms with Gasteiger partial charge in [0.05, 0.1) is 0 Å². The maximum atomic E-state index is 2.62. The van der Waals surface area contributed by atoms with Crippen molar-refractivity contribution in [2.24, 2.45) is 11.3 Å². The van der Waals surface area contributed by atoms with Crippen molar-refractivity contribution in [1.82, 2.24) is 0 Å². The van der Waals surface area contributed by atoms with Gasteiger partial charge in [-0.25, -0.2) is 0 Å². The minimum atomic E-state index is -2.48. The molecule has 0 saturated carbocycles. The van der Waals surface area contributed by atoms with Crippen LogP contribution in [0.15, 0.2) is 69.5 Å². The van der Waals surface area contributed by atoms with Crippen LogP contribution in [0.2, 0.25) is 0 Å². The van der Waals surface area contributed by atoms with Crippen molar-refractivity contribution in [1.29, 1.82) is 0 Å². The predicted octanol–water partition coefficient (Wildman–Crippen LogP) is 2.49.